The molecule has 0 spiro atoms. The Morgan fingerprint density at radius 2 is 0.900 bits per heavy atom. The zero-order chi connectivity index (χ0) is 14.9. The Morgan fingerprint density at radius 3 is 0.950 bits per heavy atom. The van der Waals surface area contributed by atoms with Crippen LogP contribution in [0.1, 0.15) is 12.8 Å². The molecule has 0 radical (unpaired) electrons. The first-order chi connectivity index (χ1) is 8.07. The van der Waals surface area contributed by atoms with E-state index in [-0.39, 0.29) is 46.1 Å². The van der Waals surface area contributed by atoms with Gasteiger partial charge in [-0.05, 0) is 0 Å². The van der Waals surface area contributed by atoms with E-state index in [4.69, 9.17) is 11.5 Å². The second-order valence-electron chi connectivity index (χ2n) is 3.00. The minimum atomic E-state index is -1.58. The molecule has 0 amide bonds. The summed E-state index contributed by atoms with van der Waals surface area (Å²) in [4.78, 5) is 38.7. The molecule has 0 bridgehead atoms. The maximum absolute atomic E-state index is 9.71. The summed E-state index contributed by atoms with van der Waals surface area (Å²) < 4.78 is 0. The first kappa shape index (κ1) is 27.6. The van der Waals surface area contributed by atoms with Gasteiger partial charge in [-0.3, -0.25) is 0 Å². The molecule has 0 saturated heterocycles. The molecule has 20 heavy (non-hydrogen) atoms. The van der Waals surface area contributed by atoms with Crippen molar-refractivity contribution >= 4 is 70.0 Å². The van der Waals surface area contributed by atoms with Gasteiger partial charge in [0.25, 0.3) is 0 Å². The van der Waals surface area contributed by atoms with Crippen molar-refractivity contribution in [3.8, 4) is 0 Å². The van der Waals surface area contributed by atoms with E-state index < -0.39 is 48.8 Å². The fourth-order valence-corrected chi connectivity index (χ4v) is 0.526. The Hall–Kier alpha value is -0.668. The van der Waals surface area contributed by atoms with E-state index in [1.54, 1.807) is 0 Å². The third-order valence-corrected chi connectivity index (χ3v) is 1.38. The Balaban J connectivity index is -0.000000116. The Kier molecular flexibility index (Phi) is 20.4. The summed E-state index contributed by atoms with van der Waals surface area (Å²) in [5.41, 5.74) is 9.47. The summed E-state index contributed by atoms with van der Waals surface area (Å²) in [6, 6.07) is -2.93. The number of hydrogen-bond acceptors (Lipinski definition) is 10. The van der Waals surface area contributed by atoms with E-state index in [9.17, 15) is 39.6 Å². The van der Waals surface area contributed by atoms with Crippen LogP contribution in [-0.2, 0) is 19.2 Å². The molecule has 0 aromatic carbocycles. The van der Waals surface area contributed by atoms with Gasteiger partial charge in [0.1, 0.15) is 0 Å². The quantitative estimate of drug-likeness (QED) is 0.441. The molecule has 0 unspecified atom stereocenters. The predicted octanol–water partition coefficient (Wildman–Crippen LogP) is -8.35. The fraction of sp³-hybridized carbons (Fsp3) is 0.500. The van der Waals surface area contributed by atoms with Gasteiger partial charge in [0.05, 0.1) is 11.9 Å². The van der Waals surface area contributed by atoms with Gasteiger partial charge in [0.15, 0.2) is 0 Å². The minimum Gasteiger partial charge on any atom is -0.550 e. The summed E-state index contributed by atoms with van der Waals surface area (Å²) >= 11 is 0. The van der Waals surface area contributed by atoms with Gasteiger partial charge in [-0.15, -0.1) is 0 Å². The van der Waals surface area contributed by atoms with Crippen molar-refractivity contribution in [2.45, 2.75) is 24.9 Å². The molecule has 0 aliphatic carbocycles. The van der Waals surface area contributed by atoms with Gasteiger partial charge in [-0.1, -0.05) is 0 Å². The van der Waals surface area contributed by atoms with E-state index in [1.807, 2.05) is 0 Å². The van der Waals surface area contributed by atoms with Crippen LogP contribution in [0.25, 0.3) is 0 Å². The predicted molar refractivity (Wildman–Crippen MR) is 56.7 cm³/mol. The van der Waals surface area contributed by atoms with Crippen LogP contribution < -0.4 is 31.9 Å². The summed E-state index contributed by atoms with van der Waals surface area (Å²) in [7, 11) is 0. The third kappa shape index (κ3) is 19.7. The topological polar surface area (TPSA) is 213 Å². The summed E-state index contributed by atoms with van der Waals surface area (Å²) in [5.74, 6) is -6.16. The molecule has 10 nitrogen and oxygen atoms in total. The molecule has 0 aromatic rings. The number of hydrogen-bond donors (Lipinski definition) is 2. The maximum Gasteiger partial charge on any atom is 2.00 e. The van der Waals surface area contributed by atoms with Crippen LogP contribution >= 0.6 is 0 Å². The molecule has 0 saturated carbocycles. The third-order valence-electron chi connectivity index (χ3n) is 1.38. The molecule has 104 valence electrons. The first-order valence-corrected chi connectivity index (χ1v) is 4.40. The summed E-state index contributed by atoms with van der Waals surface area (Å²) in [5, 5.41) is 38.7. The Labute approximate surface area is 145 Å². The number of rotatable bonds is 6. The van der Waals surface area contributed by atoms with Gasteiger partial charge >= 0.3 is 46.1 Å². The standard InChI is InChI=1S/2C4H7NO4.2Mg/c2*5-2(4(8)9)1-3(6)7;;/h2*2H,1,5H2,(H,6,7)(H,8,9);;/q;;2*+2/p-4/t2*2-;;/m11../s1. The molecule has 0 rings (SSSR count). The molecule has 0 aromatic heterocycles. The average molecular weight is 311 g/mol. The second-order valence-corrected chi connectivity index (χ2v) is 3.00. The van der Waals surface area contributed by atoms with Crippen LogP contribution in [-0.4, -0.2) is 82.1 Å². The van der Waals surface area contributed by atoms with Crippen molar-refractivity contribution in [3.05, 3.63) is 0 Å². The number of carbonyl (C=O) groups is 4. The maximum atomic E-state index is 9.71. The zero-order valence-corrected chi connectivity index (χ0v) is 13.2. The zero-order valence-electron chi connectivity index (χ0n) is 10.4. The monoisotopic (exact) mass is 310 g/mol. The molecule has 0 aliphatic heterocycles. The molecular weight excluding hydrogens is 301 g/mol. The van der Waals surface area contributed by atoms with E-state index in [0.29, 0.717) is 0 Å². The van der Waals surface area contributed by atoms with Gasteiger partial charge in [-0.2, -0.15) is 0 Å². The van der Waals surface area contributed by atoms with Crippen LogP contribution in [0.3, 0.4) is 0 Å². The van der Waals surface area contributed by atoms with E-state index in [0.717, 1.165) is 0 Å². The van der Waals surface area contributed by atoms with Crippen LogP contribution in [0.2, 0.25) is 0 Å². The SMILES string of the molecule is N[C@H](CC(=O)[O-])C(=O)[O-].N[C@H](CC(=O)[O-])C(=O)[O-].[Mg+2].[Mg+2]. The summed E-state index contributed by atoms with van der Waals surface area (Å²) in [6.07, 6.45) is -1.41. The largest absolute Gasteiger partial charge is 2.00 e. The number of carboxylic acid groups (broad SMARTS) is 4. The Morgan fingerprint density at radius 1 is 0.700 bits per heavy atom. The van der Waals surface area contributed by atoms with Crippen LogP contribution in [0.5, 0.6) is 0 Å². The normalized spacial score (nSPS) is 11.3. The van der Waals surface area contributed by atoms with Crippen LogP contribution in [0, 0.1) is 0 Å². The van der Waals surface area contributed by atoms with Crippen LogP contribution in [0.15, 0.2) is 0 Å². The number of aliphatic carboxylic acids is 4. The smallest absolute Gasteiger partial charge is 0.550 e. The van der Waals surface area contributed by atoms with Gasteiger partial charge in [-0.25, -0.2) is 0 Å². The van der Waals surface area contributed by atoms with Crippen molar-refractivity contribution in [1.82, 2.24) is 0 Å². The van der Waals surface area contributed by atoms with Crippen molar-refractivity contribution in [3.63, 3.8) is 0 Å². The Bertz CT molecular complexity index is 306. The van der Waals surface area contributed by atoms with Crippen molar-refractivity contribution in [2.24, 2.45) is 11.5 Å². The molecular formula is C8H10Mg2N2O8. The van der Waals surface area contributed by atoms with E-state index >= 15 is 0 Å². The van der Waals surface area contributed by atoms with Crippen molar-refractivity contribution in [2.75, 3.05) is 0 Å². The van der Waals surface area contributed by atoms with Crippen molar-refractivity contribution in [1.29, 1.82) is 0 Å². The molecule has 0 aliphatic rings. The average Bonchev–Trinajstić information content (AvgIpc) is 2.16. The van der Waals surface area contributed by atoms with Gasteiger partial charge < -0.3 is 51.1 Å². The molecule has 0 heterocycles. The molecule has 4 N–H and O–H groups in total. The fourth-order valence-electron chi connectivity index (χ4n) is 0.526. The van der Waals surface area contributed by atoms with Crippen LogP contribution in [0.4, 0.5) is 0 Å². The molecule has 2 atom stereocenters. The van der Waals surface area contributed by atoms with Gasteiger partial charge in [0, 0.05) is 36.9 Å². The second kappa shape index (κ2) is 14.7. The molecule has 0 fully saturated rings. The number of nitrogens with two attached hydrogens (primary N) is 2. The first-order valence-electron chi connectivity index (χ1n) is 4.40. The number of carboxylic acids is 4. The molecule has 12 heteroatoms. The van der Waals surface area contributed by atoms with Gasteiger partial charge in [0.2, 0.25) is 0 Å². The minimum absolute atomic E-state index is 0. The van der Waals surface area contributed by atoms with Crippen molar-refractivity contribution < 1.29 is 39.6 Å². The summed E-state index contributed by atoms with van der Waals surface area (Å²) in [6.45, 7) is 0. The van der Waals surface area contributed by atoms with E-state index in [2.05, 4.69) is 0 Å². The number of carbonyl (C=O) groups excluding carboxylic acids is 4. The van der Waals surface area contributed by atoms with E-state index in [1.165, 1.54) is 0 Å².